The second-order valence-electron chi connectivity index (χ2n) is 5.16. The van der Waals surface area contributed by atoms with E-state index in [1.807, 2.05) is 0 Å². The first-order valence-electron chi connectivity index (χ1n) is 6.43. The van der Waals surface area contributed by atoms with Crippen molar-refractivity contribution in [3.05, 3.63) is 30.1 Å². The predicted molar refractivity (Wildman–Crippen MR) is 67.6 cm³/mol. The Morgan fingerprint density at radius 3 is 2.83 bits per heavy atom. The van der Waals surface area contributed by atoms with Crippen molar-refractivity contribution in [2.24, 2.45) is 0 Å². The Bertz CT molecular complexity index is 479. The summed E-state index contributed by atoms with van der Waals surface area (Å²) in [6, 6.07) is 9.02. The molecule has 0 radical (unpaired) electrons. The van der Waals surface area contributed by atoms with Gasteiger partial charge in [-0.3, -0.25) is 4.90 Å². The highest BCUT2D eigenvalue weighted by atomic mass is 19.1. The molecule has 0 aromatic heterocycles. The maximum atomic E-state index is 12.9. The zero-order valence-corrected chi connectivity index (χ0v) is 10.2. The van der Waals surface area contributed by atoms with Crippen LogP contribution in [0.1, 0.15) is 19.3 Å². The van der Waals surface area contributed by atoms with Crippen LogP contribution in [0.25, 0.3) is 0 Å². The molecule has 4 heteroatoms. The van der Waals surface area contributed by atoms with E-state index in [4.69, 9.17) is 0 Å². The Morgan fingerprint density at radius 1 is 1.33 bits per heavy atom. The Labute approximate surface area is 106 Å². The zero-order chi connectivity index (χ0) is 12.6. The third-order valence-corrected chi connectivity index (χ3v) is 4.14. The molecular formula is C14H16FN3. The Kier molecular flexibility index (Phi) is 2.71. The normalized spacial score (nSPS) is 31.0. The summed E-state index contributed by atoms with van der Waals surface area (Å²) >= 11 is 0. The maximum Gasteiger partial charge on any atom is 0.142 e. The van der Waals surface area contributed by atoms with E-state index in [9.17, 15) is 9.65 Å². The average Bonchev–Trinajstić information content (AvgIpc) is 2.96. The fourth-order valence-corrected chi connectivity index (χ4v) is 3.23. The second-order valence-corrected chi connectivity index (χ2v) is 5.16. The lowest BCUT2D eigenvalue weighted by Gasteiger charge is -2.30. The minimum atomic E-state index is -0.506. The molecule has 2 aliphatic heterocycles. The van der Waals surface area contributed by atoms with Gasteiger partial charge in [-0.25, -0.2) is 4.39 Å². The molecule has 1 N–H and O–H groups in total. The van der Waals surface area contributed by atoms with Gasteiger partial charge in [0.05, 0.1) is 6.07 Å². The van der Waals surface area contributed by atoms with Crippen LogP contribution < -0.4 is 5.32 Å². The Morgan fingerprint density at radius 2 is 2.11 bits per heavy atom. The summed E-state index contributed by atoms with van der Waals surface area (Å²) in [7, 11) is 0. The van der Waals surface area contributed by atoms with Gasteiger partial charge in [0.15, 0.2) is 0 Å². The summed E-state index contributed by atoms with van der Waals surface area (Å²) in [5, 5.41) is 12.9. The maximum absolute atomic E-state index is 12.9. The zero-order valence-electron chi connectivity index (χ0n) is 10.2. The van der Waals surface area contributed by atoms with Crippen LogP contribution in [0.15, 0.2) is 24.3 Å². The first-order chi connectivity index (χ1) is 8.73. The van der Waals surface area contributed by atoms with E-state index >= 15 is 0 Å². The molecule has 0 bridgehead atoms. The molecule has 2 aliphatic rings. The molecule has 94 valence electrons. The van der Waals surface area contributed by atoms with Crippen LogP contribution in [0, 0.1) is 17.1 Å². The molecular weight excluding hydrogens is 229 g/mol. The van der Waals surface area contributed by atoms with Crippen molar-refractivity contribution in [1.29, 1.82) is 5.26 Å². The molecule has 2 heterocycles. The summed E-state index contributed by atoms with van der Waals surface area (Å²) in [6.07, 6.45) is 3.08. The van der Waals surface area contributed by atoms with Crippen molar-refractivity contribution in [3.63, 3.8) is 0 Å². The summed E-state index contributed by atoms with van der Waals surface area (Å²) in [5.74, 6) is -0.250. The highest BCUT2D eigenvalue weighted by molar-refractivity contribution is 5.49. The SMILES string of the molecule is N#CC1(Nc2ccc(F)cc2)CCN2CCCC21. The van der Waals surface area contributed by atoms with E-state index in [-0.39, 0.29) is 5.82 Å². The molecule has 1 aromatic carbocycles. The number of nitriles is 1. The van der Waals surface area contributed by atoms with Gasteiger partial charge in [0.25, 0.3) is 0 Å². The number of nitrogens with one attached hydrogen (secondary N) is 1. The first kappa shape index (κ1) is 11.5. The molecule has 2 fully saturated rings. The highest BCUT2D eigenvalue weighted by Gasteiger charge is 2.49. The quantitative estimate of drug-likeness (QED) is 0.869. The standard InChI is InChI=1S/C14H16FN3/c15-11-3-5-12(6-4-11)17-14(10-16)7-9-18-8-1-2-13(14)18/h3-6,13,17H,1-2,7-9H2. The van der Waals surface area contributed by atoms with E-state index in [1.165, 1.54) is 18.6 Å². The average molecular weight is 245 g/mol. The van der Waals surface area contributed by atoms with Gasteiger partial charge in [-0.15, -0.1) is 0 Å². The number of hydrogen-bond donors (Lipinski definition) is 1. The van der Waals surface area contributed by atoms with Crippen molar-refractivity contribution >= 4 is 5.69 Å². The molecule has 0 spiro atoms. The van der Waals surface area contributed by atoms with Crippen LogP contribution in [-0.2, 0) is 0 Å². The minimum Gasteiger partial charge on any atom is -0.366 e. The fourth-order valence-electron chi connectivity index (χ4n) is 3.23. The Balaban J connectivity index is 1.85. The third kappa shape index (κ3) is 1.75. The molecule has 0 saturated carbocycles. The molecule has 3 rings (SSSR count). The van der Waals surface area contributed by atoms with Gasteiger partial charge in [-0.2, -0.15) is 5.26 Å². The number of benzene rings is 1. The van der Waals surface area contributed by atoms with Gasteiger partial charge >= 0.3 is 0 Å². The minimum absolute atomic E-state index is 0.250. The lowest BCUT2D eigenvalue weighted by Crippen LogP contribution is -2.46. The molecule has 2 unspecified atom stereocenters. The van der Waals surface area contributed by atoms with Crippen molar-refractivity contribution in [1.82, 2.24) is 4.90 Å². The molecule has 1 aromatic rings. The summed E-state index contributed by atoms with van der Waals surface area (Å²) in [5.41, 5.74) is 0.320. The van der Waals surface area contributed by atoms with Crippen molar-refractivity contribution in [2.75, 3.05) is 18.4 Å². The van der Waals surface area contributed by atoms with Crippen molar-refractivity contribution in [3.8, 4) is 6.07 Å². The van der Waals surface area contributed by atoms with Crippen molar-refractivity contribution in [2.45, 2.75) is 30.8 Å². The summed E-state index contributed by atoms with van der Waals surface area (Å²) < 4.78 is 12.9. The largest absolute Gasteiger partial charge is 0.366 e. The number of hydrogen-bond acceptors (Lipinski definition) is 3. The summed E-state index contributed by atoms with van der Waals surface area (Å²) in [6.45, 7) is 2.08. The highest BCUT2D eigenvalue weighted by Crippen LogP contribution is 2.38. The number of rotatable bonds is 2. The number of anilines is 1. The molecule has 0 amide bonds. The number of halogens is 1. The molecule has 3 nitrogen and oxygen atoms in total. The van der Waals surface area contributed by atoms with Gasteiger partial charge in [0.2, 0.25) is 0 Å². The first-order valence-corrected chi connectivity index (χ1v) is 6.43. The van der Waals surface area contributed by atoms with Gasteiger partial charge in [-0.05, 0) is 50.1 Å². The van der Waals surface area contributed by atoms with E-state index in [0.717, 1.165) is 31.6 Å². The van der Waals surface area contributed by atoms with Crippen LogP contribution in [0.2, 0.25) is 0 Å². The van der Waals surface area contributed by atoms with E-state index in [2.05, 4.69) is 16.3 Å². The lowest BCUT2D eigenvalue weighted by molar-refractivity contribution is 0.301. The van der Waals surface area contributed by atoms with Crippen LogP contribution in [0.5, 0.6) is 0 Å². The molecule has 18 heavy (non-hydrogen) atoms. The van der Waals surface area contributed by atoms with Gasteiger partial charge in [-0.1, -0.05) is 0 Å². The molecule has 2 atom stereocenters. The number of nitrogens with zero attached hydrogens (tertiary/aromatic N) is 2. The van der Waals surface area contributed by atoms with Crippen LogP contribution >= 0.6 is 0 Å². The topological polar surface area (TPSA) is 39.1 Å². The van der Waals surface area contributed by atoms with Crippen LogP contribution in [0.3, 0.4) is 0 Å². The third-order valence-electron chi connectivity index (χ3n) is 4.14. The van der Waals surface area contributed by atoms with Crippen LogP contribution in [-0.4, -0.2) is 29.6 Å². The van der Waals surface area contributed by atoms with E-state index in [1.54, 1.807) is 12.1 Å². The van der Waals surface area contributed by atoms with E-state index in [0.29, 0.717) is 6.04 Å². The predicted octanol–water partition coefficient (Wildman–Crippen LogP) is 2.37. The molecule has 2 saturated heterocycles. The van der Waals surface area contributed by atoms with Crippen LogP contribution in [0.4, 0.5) is 10.1 Å². The van der Waals surface area contributed by atoms with Crippen molar-refractivity contribution < 1.29 is 4.39 Å². The van der Waals surface area contributed by atoms with Gasteiger partial charge in [0.1, 0.15) is 11.4 Å². The van der Waals surface area contributed by atoms with Gasteiger partial charge < -0.3 is 5.32 Å². The van der Waals surface area contributed by atoms with Gasteiger partial charge in [0, 0.05) is 18.3 Å². The van der Waals surface area contributed by atoms with E-state index < -0.39 is 5.54 Å². The molecule has 0 aliphatic carbocycles. The second kappa shape index (κ2) is 4.25. The summed E-state index contributed by atoms with van der Waals surface area (Å²) in [4.78, 5) is 2.39. The fraction of sp³-hybridized carbons (Fsp3) is 0.500. The smallest absolute Gasteiger partial charge is 0.142 e. The monoisotopic (exact) mass is 245 g/mol. The lowest BCUT2D eigenvalue weighted by atomic mass is 9.90. The Hall–Kier alpha value is -1.60. The number of fused-ring (bicyclic) bond motifs is 1.